The van der Waals surface area contributed by atoms with Crippen LogP contribution in [0.2, 0.25) is 5.02 Å². The molecule has 0 bridgehead atoms. The standard InChI is InChI=1S/C24H21ClN8O6S4/c1-10-30-31-24(43-10)42-8-11-7-40-21-17(20(36)33(21)18(11)22(37)38)29-19(35)16(14-9-41-23(26)28-14)32-39-6-15(34)27-13-4-2-3-12(25)5-13/h2-5,9,17,21H,6-8H2,1H3,(H2,26,28)(H,27,34)(H,29,35)(H,37,38)/t17?,21-/m1/s1. The average molecular weight is 681 g/mol. The zero-order valence-corrected chi connectivity index (χ0v) is 26.0. The first-order chi connectivity index (χ1) is 20.6. The fourth-order valence-electron chi connectivity index (χ4n) is 4.01. The third-order valence-corrected chi connectivity index (χ3v) is 10.2. The van der Waals surface area contributed by atoms with E-state index in [9.17, 15) is 24.3 Å². The number of nitrogens with two attached hydrogens (primary N) is 1. The lowest BCUT2D eigenvalue weighted by molar-refractivity contribution is -0.150. The average Bonchev–Trinajstić information content (AvgIpc) is 3.59. The number of carbonyl (C=O) groups is 4. The first-order valence-electron chi connectivity index (χ1n) is 12.2. The number of thiazole rings is 1. The predicted molar refractivity (Wildman–Crippen MR) is 164 cm³/mol. The van der Waals surface area contributed by atoms with Crippen molar-refractivity contribution in [1.29, 1.82) is 0 Å². The van der Waals surface area contributed by atoms with E-state index in [0.29, 0.717) is 32.1 Å². The third kappa shape index (κ3) is 7.10. The van der Waals surface area contributed by atoms with E-state index in [2.05, 4.69) is 31.0 Å². The van der Waals surface area contributed by atoms with E-state index < -0.39 is 41.7 Å². The van der Waals surface area contributed by atoms with Crippen LogP contribution in [-0.4, -0.2) is 84.1 Å². The molecule has 224 valence electrons. The summed E-state index contributed by atoms with van der Waals surface area (Å²) in [4.78, 5) is 61.3. The van der Waals surface area contributed by atoms with Gasteiger partial charge < -0.3 is 26.3 Å². The lowest BCUT2D eigenvalue weighted by Gasteiger charge is -2.49. The number of aliphatic carboxylic acids is 1. The number of thioether (sulfide) groups is 2. The zero-order valence-electron chi connectivity index (χ0n) is 22.0. The Labute approximate surface area is 265 Å². The second-order valence-electron chi connectivity index (χ2n) is 8.84. The number of amides is 3. The van der Waals surface area contributed by atoms with E-state index >= 15 is 0 Å². The molecule has 0 saturated carbocycles. The van der Waals surface area contributed by atoms with Crippen molar-refractivity contribution in [2.45, 2.75) is 22.7 Å². The van der Waals surface area contributed by atoms with Gasteiger partial charge in [0.05, 0.1) is 0 Å². The molecule has 3 amide bonds. The number of hydrogen-bond acceptors (Lipinski definition) is 14. The molecule has 1 aromatic carbocycles. The molecule has 1 unspecified atom stereocenters. The molecule has 19 heteroatoms. The van der Waals surface area contributed by atoms with Crippen molar-refractivity contribution >= 4 is 98.0 Å². The van der Waals surface area contributed by atoms with Crippen LogP contribution in [0.5, 0.6) is 0 Å². The summed E-state index contributed by atoms with van der Waals surface area (Å²) in [5, 5.41) is 29.1. The molecule has 14 nitrogen and oxygen atoms in total. The van der Waals surface area contributed by atoms with Gasteiger partial charge in [-0.3, -0.25) is 19.3 Å². The van der Waals surface area contributed by atoms with Gasteiger partial charge in [-0.25, -0.2) is 9.78 Å². The van der Waals surface area contributed by atoms with Gasteiger partial charge in [-0.15, -0.1) is 33.3 Å². The number of aromatic nitrogens is 3. The lowest BCUT2D eigenvalue weighted by Crippen LogP contribution is -2.71. The van der Waals surface area contributed by atoms with Crippen molar-refractivity contribution in [3.63, 3.8) is 0 Å². The number of carboxylic acids is 1. The maximum atomic E-state index is 13.3. The molecule has 0 spiro atoms. The monoisotopic (exact) mass is 680 g/mol. The number of anilines is 2. The van der Waals surface area contributed by atoms with Crippen LogP contribution in [0.15, 0.2) is 50.4 Å². The number of benzene rings is 1. The van der Waals surface area contributed by atoms with Crippen LogP contribution in [0.1, 0.15) is 10.7 Å². The van der Waals surface area contributed by atoms with Crippen LogP contribution in [0.3, 0.4) is 0 Å². The molecular weight excluding hydrogens is 660 g/mol. The molecule has 2 aromatic heterocycles. The van der Waals surface area contributed by atoms with Gasteiger partial charge in [0.25, 0.3) is 17.7 Å². The number of β-lactam (4-membered cyclic amide) rings is 1. The Morgan fingerprint density at radius 3 is 2.81 bits per heavy atom. The molecule has 43 heavy (non-hydrogen) atoms. The van der Waals surface area contributed by atoms with Crippen molar-refractivity contribution in [3.8, 4) is 0 Å². The summed E-state index contributed by atoms with van der Waals surface area (Å²) in [5.41, 5.74) is 6.40. The highest BCUT2D eigenvalue weighted by Gasteiger charge is 2.54. The fraction of sp³-hybridized carbons (Fsp3) is 0.250. The minimum absolute atomic E-state index is 0.0764. The van der Waals surface area contributed by atoms with Gasteiger partial charge >= 0.3 is 5.97 Å². The normalized spacial score (nSPS) is 18.1. The Balaban J connectivity index is 1.26. The van der Waals surface area contributed by atoms with Gasteiger partial charge in [0.15, 0.2) is 21.8 Å². The molecule has 2 aliphatic heterocycles. The SMILES string of the molecule is Cc1nnc(SCC2=C(C(=O)O)N3C(=O)C(NC(=O)C(=NOCC(=O)Nc4cccc(Cl)c4)c4csc(N)n4)[C@H]3SC2)s1. The lowest BCUT2D eigenvalue weighted by atomic mass is 10.0. The van der Waals surface area contributed by atoms with Crippen LogP contribution >= 0.6 is 57.8 Å². The van der Waals surface area contributed by atoms with Crippen molar-refractivity contribution in [1.82, 2.24) is 25.4 Å². The molecule has 3 aromatic rings. The number of fused-ring (bicyclic) bond motifs is 1. The summed E-state index contributed by atoms with van der Waals surface area (Å²) in [6.45, 7) is 1.28. The number of rotatable bonds is 11. The Morgan fingerprint density at radius 1 is 1.33 bits per heavy atom. The van der Waals surface area contributed by atoms with Gasteiger partial charge in [0.2, 0.25) is 0 Å². The Kier molecular flexibility index (Phi) is 9.50. The predicted octanol–water partition coefficient (Wildman–Crippen LogP) is 2.43. The minimum Gasteiger partial charge on any atom is -0.477 e. The van der Waals surface area contributed by atoms with Gasteiger partial charge in [-0.05, 0) is 30.7 Å². The topological polar surface area (TPSA) is 202 Å². The van der Waals surface area contributed by atoms with Crippen molar-refractivity contribution in [2.24, 2.45) is 5.16 Å². The Hall–Kier alpha value is -3.71. The highest BCUT2D eigenvalue weighted by Crippen LogP contribution is 2.41. The van der Waals surface area contributed by atoms with Gasteiger partial charge in [-0.2, -0.15) is 0 Å². The van der Waals surface area contributed by atoms with Crippen LogP contribution in [0.4, 0.5) is 10.8 Å². The van der Waals surface area contributed by atoms with Crippen LogP contribution < -0.4 is 16.4 Å². The summed E-state index contributed by atoms with van der Waals surface area (Å²) < 4.78 is 0.695. The molecular formula is C24H21ClN8O6S4. The number of nitrogen functional groups attached to an aromatic ring is 1. The molecule has 1 saturated heterocycles. The number of nitrogens with zero attached hydrogens (tertiary/aromatic N) is 5. The van der Waals surface area contributed by atoms with E-state index in [-0.39, 0.29) is 22.2 Å². The molecule has 2 aliphatic rings. The fourth-order valence-corrected chi connectivity index (χ4v) is 8.05. The third-order valence-electron chi connectivity index (χ3n) is 5.85. The quantitative estimate of drug-likeness (QED) is 0.0999. The Bertz CT molecular complexity index is 1660. The summed E-state index contributed by atoms with van der Waals surface area (Å²) in [6.07, 6.45) is 0. The summed E-state index contributed by atoms with van der Waals surface area (Å²) in [6, 6.07) is 5.47. The maximum absolute atomic E-state index is 13.3. The highest BCUT2D eigenvalue weighted by molar-refractivity contribution is 8.01. The molecule has 2 atom stereocenters. The molecule has 0 radical (unpaired) electrons. The zero-order chi connectivity index (χ0) is 30.7. The van der Waals surface area contributed by atoms with Crippen LogP contribution in [-0.2, 0) is 24.0 Å². The smallest absolute Gasteiger partial charge is 0.352 e. The van der Waals surface area contributed by atoms with E-state index in [1.807, 2.05) is 6.92 Å². The van der Waals surface area contributed by atoms with Crippen LogP contribution in [0.25, 0.3) is 0 Å². The number of carboxylic acid groups (broad SMARTS) is 1. The maximum Gasteiger partial charge on any atom is 0.352 e. The largest absolute Gasteiger partial charge is 0.477 e. The van der Waals surface area contributed by atoms with Gasteiger partial charge in [0, 0.05) is 27.6 Å². The first-order valence-corrected chi connectivity index (χ1v) is 16.3. The summed E-state index contributed by atoms with van der Waals surface area (Å²) >= 11 is 11.1. The van der Waals surface area contributed by atoms with Crippen molar-refractivity contribution in [3.05, 3.63) is 56.6 Å². The Morgan fingerprint density at radius 2 is 2.14 bits per heavy atom. The molecule has 1 fully saturated rings. The number of nitrogens with one attached hydrogen (secondary N) is 2. The first kappa shape index (κ1) is 30.7. The molecule has 5 rings (SSSR count). The summed E-state index contributed by atoms with van der Waals surface area (Å²) in [7, 11) is 0. The van der Waals surface area contributed by atoms with E-state index in [1.165, 1.54) is 45.1 Å². The number of aryl methyl sites for hydroxylation is 1. The second-order valence-corrected chi connectivity index (χ2v) is 13.7. The van der Waals surface area contributed by atoms with E-state index in [1.54, 1.807) is 24.3 Å². The number of hydrogen-bond donors (Lipinski definition) is 4. The van der Waals surface area contributed by atoms with Crippen molar-refractivity contribution < 1.29 is 29.1 Å². The van der Waals surface area contributed by atoms with E-state index in [4.69, 9.17) is 22.2 Å². The minimum atomic E-state index is -1.24. The number of oxime groups is 1. The molecule has 5 N–H and O–H groups in total. The van der Waals surface area contributed by atoms with Crippen LogP contribution in [0, 0.1) is 6.92 Å². The number of halogens is 1. The molecule has 4 heterocycles. The van der Waals surface area contributed by atoms with Gasteiger partial charge in [-0.1, -0.05) is 45.9 Å². The van der Waals surface area contributed by atoms with Crippen molar-refractivity contribution in [2.75, 3.05) is 29.2 Å². The number of carbonyl (C=O) groups excluding carboxylic acids is 3. The van der Waals surface area contributed by atoms with E-state index in [0.717, 1.165) is 16.3 Å². The second kappa shape index (κ2) is 13.3. The highest BCUT2D eigenvalue weighted by atomic mass is 35.5. The van der Waals surface area contributed by atoms with Gasteiger partial charge in [0.1, 0.15) is 27.8 Å². The molecule has 0 aliphatic carbocycles. The summed E-state index contributed by atoms with van der Waals surface area (Å²) in [5.74, 6) is -2.54.